The van der Waals surface area contributed by atoms with Crippen LogP contribution in [-0.2, 0) is 4.79 Å². The topological polar surface area (TPSA) is 66.4 Å². The molecule has 21 heavy (non-hydrogen) atoms. The predicted molar refractivity (Wildman–Crippen MR) is 84.4 cm³/mol. The lowest BCUT2D eigenvalue weighted by molar-refractivity contribution is -0.131. The molecule has 1 aromatic rings. The molecule has 0 aliphatic heterocycles. The fraction of sp³-hybridized carbons (Fsp3) is 0.500. The van der Waals surface area contributed by atoms with Gasteiger partial charge in [-0.05, 0) is 47.8 Å². The fourth-order valence-corrected chi connectivity index (χ4v) is 3.85. The monoisotopic (exact) mass is 307 g/mol. The maximum absolute atomic E-state index is 12.4. The zero-order chi connectivity index (χ0) is 15.4. The Labute approximate surface area is 128 Å². The first-order valence-corrected chi connectivity index (χ1v) is 8.20. The Balaban J connectivity index is 2.05. The summed E-state index contributed by atoms with van der Waals surface area (Å²) < 4.78 is 0. The van der Waals surface area contributed by atoms with Gasteiger partial charge < -0.3 is 10.4 Å². The van der Waals surface area contributed by atoms with Gasteiger partial charge in [-0.2, -0.15) is 0 Å². The molecule has 1 saturated carbocycles. The minimum Gasteiger partial charge on any atom is -0.478 e. The molecule has 114 valence electrons. The number of hydrogen-bond donors (Lipinski definition) is 2. The Hall–Kier alpha value is -1.62. The third-order valence-electron chi connectivity index (χ3n) is 4.37. The van der Waals surface area contributed by atoms with Crippen molar-refractivity contribution < 1.29 is 14.7 Å². The van der Waals surface area contributed by atoms with E-state index < -0.39 is 5.97 Å². The lowest BCUT2D eigenvalue weighted by Gasteiger charge is -2.20. The summed E-state index contributed by atoms with van der Waals surface area (Å²) in [6, 6.07) is 1.99. The third-order valence-corrected chi connectivity index (χ3v) is 5.30. The average Bonchev–Trinajstić information content (AvgIpc) is 3.04. The zero-order valence-electron chi connectivity index (χ0n) is 12.3. The van der Waals surface area contributed by atoms with E-state index in [1.54, 1.807) is 6.07 Å². The molecule has 1 heterocycles. The number of hydrogen-bond acceptors (Lipinski definition) is 3. The summed E-state index contributed by atoms with van der Waals surface area (Å²) in [6.07, 6.45) is 5.87. The van der Waals surface area contributed by atoms with E-state index in [2.05, 4.69) is 19.2 Å². The molecule has 3 atom stereocenters. The molecule has 1 aliphatic rings. The molecule has 5 heteroatoms. The van der Waals surface area contributed by atoms with Crippen LogP contribution in [0.2, 0.25) is 0 Å². The highest BCUT2D eigenvalue weighted by atomic mass is 32.1. The number of aliphatic carboxylic acids is 1. The molecule has 0 bridgehead atoms. The highest BCUT2D eigenvalue weighted by Crippen LogP contribution is 2.34. The van der Waals surface area contributed by atoms with Crippen LogP contribution in [0.15, 0.2) is 17.5 Å². The summed E-state index contributed by atoms with van der Waals surface area (Å²) in [5, 5.41) is 13.6. The Morgan fingerprint density at radius 2 is 2.24 bits per heavy atom. The van der Waals surface area contributed by atoms with Gasteiger partial charge in [0.15, 0.2) is 0 Å². The number of carboxylic acids is 1. The molecular formula is C16H21NO3S. The quantitative estimate of drug-likeness (QED) is 0.819. The van der Waals surface area contributed by atoms with Gasteiger partial charge in [-0.25, -0.2) is 4.79 Å². The standard InChI is InChI=1S/C16H21NO3S/c1-3-11-4-6-13(10(11)2)17-16(20)15-12(8-9-21-15)5-7-14(18)19/h5,7-11,13H,3-4,6H2,1-2H3,(H,17,20)(H,18,19). The lowest BCUT2D eigenvalue weighted by atomic mass is 9.93. The highest BCUT2D eigenvalue weighted by Gasteiger charge is 2.32. The molecule has 2 rings (SSSR count). The normalized spacial score (nSPS) is 25.3. The molecule has 3 unspecified atom stereocenters. The highest BCUT2D eigenvalue weighted by molar-refractivity contribution is 7.12. The molecule has 0 aromatic carbocycles. The van der Waals surface area contributed by atoms with Crippen LogP contribution in [0.1, 0.15) is 48.3 Å². The zero-order valence-corrected chi connectivity index (χ0v) is 13.2. The average molecular weight is 307 g/mol. The second kappa shape index (κ2) is 6.89. The van der Waals surface area contributed by atoms with Gasteiger partial charge in [0.2, 0.25) is 0 Å². The molecule has 0 saturated heterocycles. The fourth-order valence-electron chi connectivity index (χ4n) is 3.06. The van der Waals surface area contributed by atoms with E-state index in [-0.39, 0.29) is 11.9 Å². The second-order valence-corrected chi connectivity index (χ2v) is 6.48. The largest absolute Gasteiger partial charge is 0.478 e. The second-order valence-electron chi connectivity index (χ2n) is 5.56. The number of thiophene rings is 1. The van der Waals surface area contributed by atoms with Crippen molar-refractivity contribution >= 4 is 29.3 Å². The summed E-state index contributed by atoms with van der Waals surface area (Å²) >= 11 is 1.34. The Morgan fingerprint density at radius 1 is 1.48 bits per heavy atom. The summed E-state index contributed by atoms with van der Waals surface area (Å²) in [4.78, 5) is 23.6. The summed E-state index contributed by atoms with van der Waals surface area (Å²) in [6.45, 7) is 4.39. The minimum absolute atomic E-state index is 0.0939. The molecule has 1 aromatic heterocycles. The number of carbonyl (C=O) groups excluding carboxylic acids is 1. The number of carboxylic acid groups (broad SMARTS) is 1. The first-order chi connectivity index (χ1) is 10.0. The van der Waals surface area contributed by atoms with Crippen LogP contribution in [0, 0.1) is 11.8 Å². The van der Waals surface area contributed by atoms with Crippen LogP contribution in [0.4, 0.5) is 0 Å². The molecule has 0 spiro atoms. The van der Waals surface area contributed by atoms with Crippen molar-refractivity contribution in [3.8, 4) is 0 Å². The van der Waals surface area contributed by atoms with Crippen molar-refractivity contribution in [1.29, 1.82) is 0 Å². The van der Waals surface area contributed by atoms with Crippen LogP contribution in [-0.4, -0.2) is 23.0 Å². The first-order valence-electron chi connectivity index (χ1n) is 7.32. The van der Waals surface area contributed by atoms with Crippen LogP contribution < -0.4 is 5.32 Å². The van der Waals surface area contributed by atoms with Gasteiger partial charge >= 0.3 is 5.97 Å². The van der Waals surface area contributed by atoms with E-state index in [0.29, 0.717) is 22.3 Å². The van der Waals surface area contributed by atoms with E-state index in [0.717, 1.165) is 18.9 Å². The molecule has 2 N–H and O–H groups in total. The van der Waals surface area contributed by atoms with E-state index in [9.17, 15) is 9.59 Å². The van der Waals surface area contributed by atoms with Gasteiger partial charge in [0.1, 0.15) is 0 Å². The van der Waals surface area contributed by atoms with Crippen molar-refractivity contribution in [3.05, 3.63) is 28.0 Å². The smallest absolute Gasteiger partial charge is 0.328 e. The number of carbonyl (C=O) groups is 2. The van der Waals surface area contributed by atoms with Crippen LogP contribution in [0.3, 0.4) is 0 Å². The number of amides is 1. The Kier molecular flexibility index (Phi) is 5.17. The van der Waals surface area contributed by atoms with Gasteiger partial charge in [-0.15, -0.1) is 11.3 Å². The minimum atomic E-state index is -1.01. The van der Waals surface area contributed by atoms with Gasteiger partial charge in [-0.3, -0.25) is 4.79 Å². The van der Waals surface area contributed by atoms with Crippen LogP contribution in [0.5, 0.6) is 0 Å². The lowest BCUT2D eigenvalue weighted by Crippen LogP contribution is -2.37. The Bertz CT molecular complexity index is 549. The molecule has 1 aliphatic carbocycles. The van der Waals surface area contributed by atoms with Crippen molar-refractivity contribution in [2.24, 2.45) is 11.8 Å². The third kappa shape index (κ3) is 3.73. The number of rotatable bonds is 5. The summed E-state index contributed by atoms with van der Waals surface area (Å²) in [7, 11) is 0. The van der Waals surface area contributed by atoms with E-state index in [1.807, 2.05) is 5.38 Å². The molecule has 1 amide bonds. The van der Waals surface area contributed by atoms with Crippen molar-refractivity contribution in [2.45, 2.75) is 39.2 Å². The van der Waals surface area contributed by atoms with Crippen LogP contribution >= 0.6 is 11.3 Å². The maximum atomic E-state index is 12.4. The van der Waals surface area contributed by atoms with Crippen molar-refractivity contribution in [2.75, 3.05) is 0 Å². The molecule has 4 nitrogen and oxygen atoms in total. The van der Waals surface area contributed by atoms with Gasteiger partial charge in [0.25, 0.3) is 5.91 Å². The first kappa shape index (κ1) is 15.8. The van der Waals surface area contributed by atoms with E-state index >= 15 is 0 Å². The van der Waals surface area contributed by atoms with Gasteiger partial charge in [0.05, 0.1) is 4.88 Å². The van der Waals surface area contributed by atoms with Crippen molar-refractivity contribution in [1.82, 2.24) is 5.32 Å². The van der Waals surface area contributed by atoms with Gasteiger partial charge in [0, 0.05) is 12.1 Å². The SMILES string of the molecule is CCC1CCC(NC(=O)c2sccc2C=CC(=O)O)C1C. The molecular weight excluding hydrogens is 286 g/mol. The summed E-state index contributed by atoms with van der Waals surface area (Å²) in [5.41, 5.74) is 0.664. The molecule has 1 fully saturated rings. The predicted octanol–water partition coefficient (Wildman–Crippen LogP) is 3.40. The van der Waals surface area contributed by atoms with E-state index in [1.165, 1.54) is 23.8 Å². The van der Waals surface area contributed by atoms with Gasteiger partial charge in [-0.1, -0.05) is 20.3 Å². The summed E-state index contributed by atoms with van der Waals surface area (Å²) in [5.74, 6) is 0.0772. The number of nitrogens with one attached hydrogen (secondary N) is 1. The maximum Gasteiger partial charge on any atom is 0.328 e. The van der Waals surface area contributed by atoms with Crippen LogP contribution in [0.25, 0.3) is 6.08 Å². The van der Waals surface area contributed by atoms with Crippen molar-refractivity contribution in [3.63, 3.8) is 0 Å². The van der Waals surface area contributed by atoms with E-state index in [4.69, 9.17) is 5.11 Å². The molecule has 0 radical (unpaired) electrons. The Morgan fingerprint density at radius 3 is 2.86 bits per heavy atom.